The SMILES string of the molecule is COC(=O)C1CCC(C(=O)OC)CC1.COC(=O)c1ccc(C(=O)OC)cc1.[HH]. The third-order valence-electron chi connectivity index (χ3n) is 4.52. The molecule has 1 fully saturated rings. The van der Waals surface area contributed by atoms with E-state index in [1.54, 1.807) is 0 Å². The Hall–Kier alpha value is -2.90. The van der Waals surface area contributed by atoms with Crippen molar-refractivity contribution >= 4 is 23.9 Å². The third-order valence-corrected chi connectivity index (χ3v) is 4.52. The summed E-state index contributed by atoms with van der Waals surface area (Å²) in [6.07, 6.45) is 2.91. The summed E-state index contributed by atoms with van der Waals surface area (Å²) in [5.41, 5.74) is 0.806. The summed E-state index contributed by atoms with van der Waals surface area (Å²) in [7, 11) is 5.40. The van der Waals surface area contributed by atoms with Crippen LogP contribution in [0.25, 0.3) is 0 Å². The first-order valence-corrected chi connectivity index (χ1v) is 8.80. The number of esters is 4. The minimum Gasteiger partial charge on any atom is -0.469 e. The summed E-state index contributed by atoms with van der Waals surface area (Å²) in [6, 6.07) is 6.05. The second-order valence-corrected chi connectivity index (χ2v) is 6.16. The highest BCUT2D eigenvalue weighted by molar-refractivity contribution is 5.93. The number of ether oxygens (including phenoxy) is 4. The molecule has 1 saturated carbocycles. The molecule has 0 atom stereocenters. The molecule has 1 aromatic rings. The van der Waals surface area contributed by atoms with Crippen molar-refractivity contribution < 1.29 is 39.6 Å². The molecule has 0 unspecified atom stereocenters. The lowest BCUT2D eigenvalue weighted by Gasteiger charge is -2.24. The van der Waals surface area contributed by atoms with Gasteiger partial charge in [-0.1, -0.05) is 0 Å². The molecule has 1 aliphatic carbocycles. The van der Waals surface area contributed by atoms with Gasteiger partial charge in [0.25, 0.3) is 0 Å². The molecule has 0 heterocycles. The molecule has 0 N–H and O–H groups in total. The van der Waals surface area contributed by atoms with Gasteiger partial charge in [0.2, 0.25) is 0 Å². The Kier molecular flexibility index (Phi) is 9.70. The number of carbonyl (C=O) groups excluding carboxylic acids is 4. The summed E-state index contributed by atoms with van der Waals surface area (Å²) in [6.45, 7) is 0. The van der Waals surface area contributed by atoms with Crippen molar-refractivity contribution in [2.45, 2.75) is 25.7 Å². The molecule has 0 aromatic heterocycles. The first-order valence-electron chi connectivity index (χ1n) is 8.80. The van der Waals surface area contributed by atoms with Crippen LogP contribution in [0.4, 0.5) is 0 Å². The lowest BCUT2D eigenvalue weighted by Crippen LogP contribution is -2.27. The summed E-state index contributed by atoms with van der Waals surface area (Å²) in [4.78, 5) is 44.4. The van der Waals surface area contributed by atoms with Crippen molar-refractivity contribution in [2.24, 2.45) is 11.8 Å². The molecule has 2 rings (SSSR count). The van der Waals surface area contributed by atoms with E-state index in [1.807, 2.05) is 0 Å². The second-order valence-electron chi connectivity index (χ2n) is 6.16. The van der Waals surface area contributed by atoms with E-state index in [2.05, 4.69) is 18.9 Å². The van der Waals surface area contributed by atoms with E-state index in [0.29, 0.717) is 11.1 Å². The van der Waals surface area contributed by atoms with Crippen molar-refractivity contribution in [1.29, 1.82) is 0 Å². The lowest BCUT2D eigenvalue weighted by atomic mass is 9.82. The minimum atomic E-state index is -0.429. The van der Waals surface area contributed by atoms with Gasteiger partial charge in [0.15, 0.2) is 0 Å². The number of carbonyl (C=O) groups is 4. The molecular weight excluding hydrogens is 368 g/mol. The van der Waals surface area contributed by atoms with Crippen LogP contribution in [0.5, 0.6) is 0 Å². The van der Waals surface area contributed by atoms with Crippen LogP contribution in [0.2, 0.25) is 0 Å². The molecular formula is C20H28O8. The Bertz CT molecular complexity index is 619. The molecule has 0 aliphatic heterocycles. The quantitative estimate of drug-likeness (QED) is 0.565. The summed E-state index contributed by atoms with van der Waals surface area (Å²) in [5, 5.41) is 0. The predicted octanol–water partition coefficient (Wildman–Crippen LogP) is 2.64. The number of hydrogen-bond donors (Lipinski definition) is 0. The van der Waals surface area contributed by atoms with Crippen LogP contribution in [-0.2, 0) is 28.5 Å². The second kappa shape index (κ2) is 11.7. The van der Waals surface area contributed by atoms with Crippen LogP contribution in [0.3, 0.4) is 0 Å². The van der Waals surface area contributed by atoms with Crippen LogP contribution in [-0.4, -0.2) is 52.3 Å². The molecule has 1 aliphatic rings. The normalized spacial score (nSPS) is 18.0. The molecule has 8 heteroatoms. The Balaban J connectivity index is 0.000000523. The molecule has 0 radical (unpaired) electrons. The highest BCUT2D eigenvalue weighted by atomic mass is 16.5. The van der Waals surface area contributed by atoms with Gasteiger partial charge >= 0.3 is 23.9 Å². The number of benzene rings is 1. The van der Waals surface area contributed by atoms with Crippen LogP contribution in [0.15, 0.2) is 24.3 Å². The molecule has 156 valence electrons. The molecule has 0 saturated heterocycles. The fourth-order valence-electron chi connectivity index (χ4n) is 2.88. The van der Waals surface area contributed by atoms with E-state index in [0.717, 1.165) is 25.7 Å². The maximum Gasteiger partial charge on any atom is 0.337 e. The summed E-state index contributed by atoms with van der Waals surface area (Å²) in [5.74, 6) is -1.23. The highest BCUT2D eigenvalue weighted by Gasteiger charge is 2.30. The molecule has 8 nitrogen and oxygen atoms in total. The number of methoxy groups -OCH3 is 4. The van der Waals surface area contributed by atoms with Crippen LogP contribution >= 0.6 is 0 Å². The topological polar surface area (TPSA) is 105 Å². The van der Waals surface area contributed by atoms with Crippen molar-refractivity contribution in [3.63, 3.8) is 0 Å². The highest BCUT2D eigenvalue weighted by Crippen LogP contribution is 2.30. The zero-order valence-electron chi connectivity index (χ0n) is 16.6. The summed E-state index contributed by atoms with van der Waals surface area (Å²) >= 11 is 0. The van der Waals surface area contributed by atoms with Crippen molar-refractivity contribution in [2.75, 3.05) is 28.4 Å². The van der Waals surface area contributed by atoms with E-state index in [9.17, 15) is 19.2 Å². The standard InChI is InChI=1S/C10H16O4.C10H10O4.H2/c2*1-13-9(11)7-3-5-8(6-4-7)10(12)14-2;/h7-8H,3-6H2,1-2H3;3-6H,1-2H3;1H. The van der Waals surface area contributed by atoms with Gasteiger partial charge in [-0.25, -0.2) is 9.59 Å². The van der Waals surface area contributed by atoms with Gasteiger partial charge in [-0.15, -0.1) is 0 Å². The zero-order chi connectivity index (χ0) is 21.1. The maximum atomic E-state index is 11.2. The van der Waals surface area contributed by atoms with Gasteiger partial charge in [0.1, 0.15) is 0 Å². The molecule has 0 spiro atoms. The maximum absolute atomic E-state index is 11.2. The van der Waals surface area contributed by atoms with E-state index in [4.69, 9.17) is 0 Å². The average molecular weight is 396 g/mol. The molecule has 28 heavy (non-hydrogen) atoms. The van der Waals surface area contributed by atoms with E-state index < -0.39 is 11.9 Å². The van der Waals surface area contributed by atoms with Crippen molar-refractivity contribution in [3.05, 3.63) is 35.4 Å². The van der Waals surface area contributed by atoms with Crippen LogP contribution in [0.1, 0.15) is 47.8 Å². The largest absolute Gasteiger partial charge is 0.469 e. The fourth-order valence-corrected chi connectivity index (χ4v) is 2.88. The average Bonchev–Trinajstić information content (AvgIpc) is 2.77. The Morgan fingerprint density at radius 3 is 1.14 bits per heavy atom. The van der Waals surface area contributed by atoms with Gasteiger partial charge in [-0.05, 0) is 49.9 Å². The Labute approximate surface area is 165 Å². The molecule has 0 amide bonds. The third kappa shape index (κ3) is 6.68. The van der Waals surface area contributed by atoms with Gasteiger partial charge < -0.3 is 18.9 Å². The van der Waals surface area contributed by atoms with Crippen LogP contribution < -0.4 is 0 Å². The zero-order valence-corrected chi connectivity index (χ0v) is 16.6. The van der Waals surface area contributed by atoms with E-state index >= 15 is 0 Å². The van der Waals surface area contributed by atoms with Gasteiger partial charge in [-0.3, -0.25) is 9.59 Å². The van der Waals surface area contributed by atoms with Crippen LogP contribution in [0, 0.1) is 11.8 Å². The van der Waals surface area contributed by atoms with Gasteiger partial charge in [-0.2, -0.15) is 0 Å². The fraction of sp³-hybridized carbons (Fsp3) is 0.500. The first-order chi connectivity index (χ1) is 13.4. The van der Waals surface area contributed by atoms with Crippen molar-refractivity contribution in [1.82, 2.24) is 0 Å². The monoisotopic (exact) mass is 396 g/mol. The van der Waals surface area contributed by atoms with Crippen molar-refractivity contribution in [3.8, 4) is 0 Å². The van der Waals surface area contributed by atoms with Gasteiger partial charge in [0, 0.05) is 1.43 Å². The smallest absolute Gasteiger partial charge is 0.337 e. The van der Waals surface area contributed by atoms with E-state index in [-0.39, 0.29) is 25.2 Å². The molecule has 0 bridgehead atoms. The van der Waals surface area contributed by atoms with Gasteiger partial charge in [0.05, 0.1) is 51.4 Å². The minimum absolute atomic E-state index is 0. The summed E-state index contributed by atoms with van der Waals surface area (Å²) < 4.78 is 18.3. The number of rotatable bonds is 4. The Morgan fingerprint density at radius 1 is 0.643 bits per heavy atom. The number of hydrogen-bond acceptors (Lipinski definition) is 8. The predicted molar refractivity (Wildman–Crippen MR) is 101 cm³/mol. The van der Waals surface area contributed by atoms with E-state index in [1.165, 1.54) is 52.7 Å². The lowest BCUT2D eigenvalue weighted by molar-refractivity contribution is -0.151. The molecule has 1 aromatic carbocycles. The Morgan fingerprint density at radius 2 is 0.929 bits per heavy atom. The first kappa shape index (κ1) is 23.1.